The fourth-order valence-electron chi connectivity index (χ4n) is 2.41. The van der Waals surface area contributed by atoms with Crippen LogP contribution >= 0.6 is 0 Å². The Bertz CT molecular complexity index is 698. The van der Waals surface area contributed by atoms with Crippen molar-refractivity contribution in [2.45, 2.75) is 33.2 Å². The number of nitrogens with zero attached hydrogens (tertiary/aromatic N) is 3. The predicted molar refractivity (Wildman–Crippen MR) is 89.6 cm³/mol. The van der Waals surface area contributed by atoms with Gasteiger partial charge >= 0.3 is 0 Å². The summed E-state index contributed by atoms with van der Waals surface area (Å²) in [6.07, 6.45) is 1.63. The van der Waals surface area contributed by atoms with Crippen molar-refractivity contribution < 1.29 is 9.53 Å². The molecule has 0 spiro atoms. The molecule has 1 aromatic carbocycles. The van der Waals surface area contributed by atoms with Gasteiger partial charge in [0.2, 0.25) is 0 Å². The molecule has 2 aromatic rings. The summed E-state index contributed by atoms with van der Waals surface area (Å²) in [6.45, 7) is 6.39. The smallest absolute Gasteiger partial charge is 0.257 e. The van der Waals surface area contributed by atoms with Gasteiger partial charge < -0.3 is 9.64 Å². The van der Waals surface area contributed by atoms with Crippen LogP contribution in [0.25, 0.3) is 0 Å². The maximum Gasteiger partial charge on any atom is 0.257 e. The van der Waals surface area contributed by atoms with Gasteiger partial charge in [-0.15, -0.1) is 0 Å². The van der Waals surface area contributed by atoms with Crippen LogP contribution in [-0.2, 0) is 6.54 Å². The summed E-state index contributed by atoms with van der Waals surface area (Å²) >= 11 is 0. The Balaban J connectivity index is 2.22. The van der Waals surface area contributed by atoms with Gasteiger partial charge in [0.1, 0.15) is 11.6 Å². The first-order chi connectivity index (χ1) is 10.9. The number of benzene rings is 1. The number of methoxy groups -OCH3 is 1. The summed E-state index contributed by atoms with van der Waals surface area (Å²) in [6, 6.07) is 7.71. The summed E-state index contributed by atoms with van der Waals surface area (Å²) in [5.41, 5.74) is 2.37. The van der Waals surface area contributed by atoms with E-state index in [4.69, 9.17) is 4.74 Å². The Kier molecular flexibility index (Phi) is 5.32. The molecule has 0 aliphatic carbocycles. The maximum atomic E-state index is 12.8. The van der Waals surface area contributed by atoms with E-state index in [-0.39, 0.29) is 11.8 Å². The Morgan fingerprint density at radius 1 is 1.35 bits per heavy atom. The molecule has 2 rings (SSSR count). The molecule has 23 heavy (non-hydrogen) atoms. The van der Waals surface area contributed by atoms with Gasteiger partial charge in [-0.3, -0.25) is 4.79 Å². The molecule has 122 valence electrons. The molecule has 0 N–H and O–H groups in total. The van der Waals surface area contributed by atoms with Crippen LogP contribution in [0.3, 0.4) is 0 Å². The van der Waals surface area contributed by atoms with Crippen molar-refractivity contribution in [2.24, 2.45) is 0 Å². The highest BCUT2D eigenvalue weighted by molar-refractivity contribution is 5.95. The molecule has 0 saturated heterocycles. The van der Waals surface area contributed by atoms with Gasteiger partial charge in [-0.05, 0) is 30.5 Å². The average molecular weight is 313 g/mol. The number of carbonyl (C=O) groups is 1. The quantitative estimate of drug-likeness (QED) is 0.850. The molecule has 0 radical (unpaired) electrons. The summed E-state index contributed by atoms with van der Waals surface area (Å²) in [4.78, 5) is 23.0. The third-order valence-electron chi connectivity index (χ3n) is 3.62. The summed E-state index contributed by atoms with van der Waals surface area (Å²) in [7, 11) is 3.41. The second kappa shape index (κ2) is 7.22. The number of carbonyl (C=O) groups excluding carboxylic acids is 1. The number of rotatable bonds is 5. The zero-order valence-corrected chi connectivity index (χ0v) is 14.3. The molecule has 1 aromatic heterocycles. The Morgan fingerprint density at radius 3 is 2.74 bits per heavy atom. The Hall–Kier alpha value is -2.43. The molecule has 0 unspecified atom stereocenters. The molecular weight excluding hydrogens is 290 g/mol. The second-order valence-electron chi connectivity index (χ2n) is 5.88. The minimum absolute atomic E-state index is 0.0727. The molecule has 1 heterocycles. The highest BCUT2D eigenvalue weighted by Gasteiger charge is 2.20. The van der Waals surface area contributed by atoms with E-state index in [0.717, 1.165) is 17.0 Å². The van der Waals surface area contributed by atoms with E-state index in [1.54, 1.807) is 25.3 Å². The van der Waals surface area contributed by atoms with Crippen molar-refractivity contribution in [3.05, 3.63) is 53.1 Å². The van der Waals surface area contributed by atoms with Gasteiger partial charge in [0.05, 0.1) is 18.4 Å². The van der Waals surface area contributed by atoms with Gasteiger partial charge in [0, 0.05) is 19.8 Å². The first-order valence-corrected chi connectivity index (χ1v) is 7.64. The normalized spacial score (nSPS) is 10.7. The van der Waals surface area contributed by atoms with Crippen LogP contribution in [0.4, 0.5) is 0 Å². The third kappa shape index (κ3) is 4.06. The van der Waals surface area contributed by atoms with Crippen LogP contribution in [0.5, 0.6) is 5.75 Å². The number of aromatic nitrogens is 2. The minimum Gasteiger partial charge on any atom is -0.497 e. The van der Waals surface area contributed by atoms with E-state index in [0.29, 0.717) is 17.9 Å². The minimum atomic E-state index is -0.0727. The van der Waals surface area contributed by atoms with Crippen molar-refractivity contribution >= 4 is 5.91 Å². The lowest BCUT2D eigenvalue weighted by molar-refractivity contribution is 0.0782. The van der Waals surface area contributed by atoms with E-state index in [1.807, 2.05) is 45.0 Å². The standard InChI is InChI=1S/C18H23N3O2/c1-12(2)17-16(10-19-13(3)20-17)18(22)21(4)11-14-7-6-8-15(9-14)23-5/h6-10,12H,11H2,1-5H3. The largest absolute Gasteiger partial charge is 0.497 e. The van der Waals surface area contributed by atoms with Crippen LogP contribution in [0.15, 0.2) is 30.5 Å². The zero-order valence-electron chi connectivity index (χ0n) is 14.3. The summed E-state index contributed by atoms with van der Waals surface area (Å²) in [5.74, 6) is 1.56. The zero-order chi connectivity index (χ0) is 17.0. The molecular formula is C18H23N3O2. The van der Waals surface area contributed by atoms with Crippen molar-refractivity contribution in [1.82, 2.24) is 14.9 Å². The number of aryl methyl sites for hydroxylation is 1. The van der Waals surface area contributed by atoms with E-state index in [2.05, 4.69) is 9.97 Å². The van der Waals surface area contributed by atoms with Crippen molar-refractivity contribution in [3.63, 3.8) is 0 Å². The number of ether oxygens (including phenoxy) is 1. The van der Waals surface area contributed by atoms with Crippen molar-refractivity contribution in [3.8, 4) is 5.75 Å². The van der Waals surface area contributed by atoms with Crippen LogP contribution in [0, 0.1) is 6.92 Å². The van der Waals surface area contributed by atoms with Gasteiger partial charge in [-0.1, -0.05) is 26.0 Å². The van der Waals surface area contributed by atoms with Crippen LogP contribution in [0.1, 0.15) is 47.2 Å². The molecule has 5 nitrogen and oxygen atoms in total. The van der Waals surface area contributed by atoms with Crippen LogP contribution in [-0.4, -0.2) is 34.9 Å². The monoisotopic (exact) mass is 313 g/mol. The average Bonchev–Trinajstić information content (AvgIpc) is 2.54. The van der Waals surface area contributed by atoms with Crippen molar-refractivity contribution in [1.29, 1.82) is 0 Å². The van der Waals surface area contributed by atoms with Gasteiger partial charge in [-0.25, -0.2) is 9.97 Å². The predicted octanol–water partition coefficient (Wildman–Crippen LogP) is 3.19. The Morgan fingerprint density at radius 2 is 2.09 bits per heavy atom. The van der Waals surface area contributed by atoms with E-state index in [1.165, 1.54) is 0 Å². The molecule has 0 aliphatic heterocycles. The topological polar surface area (TPSA) is 55.3 Å². The molecule has 0 saturated carbocycles. The van der Waals surface area contributed by atoms with E-state index < -0.39 is 0 Å². The molecule has 0 atom stereocenters. The number of amides is 1. The molecule has 5 heteroatoms. The van der Waals surface area contributed by atoms with E-state index in [9.17, 15) is 4.79 Å². The van der Waals surface area contributed by atoms with E-state index >= 15 is 0 Å². The van der Waals surface area contributed by atoms with Crippen LogP contribution < -0.4 is 4.74 Å². The van der Waals surface area contributed by atoms with Gasteiger partial charge in [-0.2, -0.15) is 0 Å². The highest BCUT2D eigenvalue weighted by Crippen LogP contribution is 2.19. The number of hydrogen-bond acceptors (Lipinski definition) is 4. The second-order valence-corrected chi connectivity index (χ2v) is 5.88. The first-order valence-electron chi connectivity index (χ1n) is 7.64. The SMILES string of the molecule is COc1cccc(CN(C)C(=O)c2cnc(C)nc2C(C)C)c1. The van der Waals surface area contributed by atoms with Gasteiger partial charge in [0.15, 0.2) is 0 Å². The van der Waals surface area contributed by atoms with Crippen LogP contribution in [0.2, 0.25) is 0 Å². The van der Waals surface area contributed by atoms with Gasteiger partial charge in [0.25, 0.3) is 5.91 Å². The molecule has 0 fully saturated rings. The molecule has 0 aliphatic rings. The lowest BCUT2D eigenvalue weighted by Gasteiger charge is -2.20. The lowest BCUT2D eigenvalue weighted by atomic mass is 10.0. The number of hydrogen-bond donors (Lipinski definition) is 0. The maximum absolute atomic E-state index is 12.8. The fraction of sp³-hybridized carbons (Fsp3) is 0.389. The fourth-order valence-corrected chi connectivity index (χ4v) is 2.41. The Labute approximate surface area is 137 Å². The highest BCUT2D eigenvalue weighted by atomic mass is 16.5. The summed E-state index contributed by atoms with van der Waals surface area (Å²) in [5, 5.41) is 0. The molecule has 1 amide bonds. The molecule has 0 bridgehead atoms. The lowest BCUT2D eigenvalue weighted by Crippen LogP contribution is -2.28. The van der Waals surface area contributed by atoms with Crippen molar-refractivity contribution in [2.75, 3.05) is 14.2 Å². The third-order valence-corrected chi connectivity index (χ3v) is 3.62. The summed E-state index contributed by atoms with van der Waals surface area (Å²) < 4.78 is 5.22. The first kappa shape index (κ1) is 16.9.